The zero-order chi connectivity index (χ0) is 18.0. The lowest BCUT2D eigenvalue weighted by Crippen LogP contribution is -2.30. The van der Waals surface area contributed by atoms with Crippen molar-refractivity contribution in [1.29, 1.82) is 0 Å². The fraction of sp³-hybridized carbons (Fsp3) is 0.111. The second-order valence-corrected chi connectivity index (χ2v) is 7.28. The van der Waals surface area contributed by atoms with Gasteiger partial charge in [0.2, 0.25) is 0 Å². The first-order valence-electron chi connectivity index (χ1n) is 7.70. The number of benzene rings is 3. The number of fused-ring (bicyclic) bond motifs is 1. The summed E-state index contributed by atoms with van der Waals surface area (Å²) >= 11 is 0. The van der Waals surface area contributed by atoms with Crippen LogP contribution in [0.5, 0.6) is 0 Å². The van der Waals surface area contributed by atoms with Gasteiger partial charge >= 0.3 is 0 Å². The number of rotatable bonds is 5. The third-order valence-corrected chi connectivity index (χ3v) is 5.86. The molecule has 7 heteroatoms. The van der Waals surface area contributed by atoms with E-state index >= 15 is 0 Å². The summed E-state index contributed by atoms with van der Waals surface area (Å²) < 4.78 is 27.4. The highest BCUT2D eigenvalue weighted by atomic mass is 32.2. The zero-order valence-corrected chi connectivity index (χ0v) is 14.3. The molecule has 0 aliphatic carbocycles. The Balaban J connectivity index is 2.11. The minimum absolute atomic E-state index is 0.0212. The van der Waals surface area contributed by atoms with Crippen molar-refractivity contribution in [1.82, 2.24) is 0 Å². The summed E-state index contributed by atoms with van der Waals surface area (Å²) in [6, 6.07) is 18.0. The number of hydrogen-bond acceptors (Lipinski definition) is 4. The van der Waals surface area contributed by atoms with Gasteiger partial charge in [0, 0.05) is 24.1 Å². The van der Waals surface area contributed by atoms with Gasteiger partial charge in [-0.2, -0.15) is 0 Å². The van der Waals surface area contributed by atoms with Gasteiger partial charge in [0.25, 0.3) is 15.7 Å². The lowest BCUT2D eigenvalue weighted by molar-refractivity contribution is -0.384. The maximum Gasteiger partial charge on any atom is 0.269 e. The molecule has 25 heavy (non-hydrogen) atoms. The molecular formula is C18H16N2O4S. The van der Waals surface area contributed by atoms with E-state index in [4.69, 9.17) is 0 Å². The molecule has 0 amide bonds. The largest absolute Gasteiger partial charge is 0.269 e. The molecule has 0 aromatic heterocycles. The van der Waals surface area contributed by atoms with Crippen LogP contribution in [0.1, 0.15) is 6.92 Å². The highest BCUT2D eigenvalue weighted by Crippen LogP contribution is 2.31. The Hall–Kier alpha value is -2.93. The molecule has 0 heterocycles. The minimum atomic E-state index is -3.83. The van der Waals surface area contributed by atoms with E-state index in [0.717, 1.165) is 10.8 Å². The first-order valence-corrected chi connectivity index (χ1v) is 9.14. The molecule has 0 fully saturated rings. The Labute approximate surface area is 145 Å². The van der Waals surface area contributed by atoms with E-state index in [1.807, 2.05) is 36.4 Å². The molecule has 128 valence electrons. The molecule has 0 N–H and O–H groups in total. The number of anilines is 1. The van der Waals surface area contributed by atoms with E-state index in [0.29, 0.717) is 5.69 Å². The third-order valence-electron chi connectivity index (χ3n) is 3.96. The monoisotopic (exact) mass is 356 g/mol. The van der Waals surface area contributed by atoms with Gasteiger partial charge in [0.05, 0.1) is 15.5 Å². The fourth-order valence-electron chi connectivity index (χ4n) is 2.76. The molecule has 3 aromatic carbocycles. The van der Waals surface area contributed by atoms with E-state index in [1.165, 1.54) is 28.6 Å². The van der Waals surface area contributed by atoms with E-state index in [2.05, 4.69) is 0 Å². The SMILES string of the molecule is CCN(c1cccc2ccccc12)S(=O)(=O)c1ccc([N+](=O)[O-])cc1. The molecule has 0 saturated carbocycles. The molecule has 3 aromatic rings. The third kappa shape index (κ3) is 3.06. The lowest BCUT2D eigenvalue weighted by Gasteiger charge is -2.24. The van der Waals surface area contributed by atoms with Gasteiger partial charge < -0.3 is 0 Å². The summed E-state index contributed by atoms with van der Waals surface area (Å²) in [4.78, 5) is 10.2. The molecule has 0 unspecified atom stereocenters. The second kappa shape index (κ2) is 6.52. The van der Waals surface area contributed by atoms with Crippen molar-refractivity contribution in [2.45, 2.75) is 11.8 Å². The predicted octanol–water partition coefficient (Wildman–Crippen LogP) is 3.96. The Morgan fingerprint density at radius 2 is 1.60 bits per heavy atom. The quantitative estimate of drug-likeness (QED) is 0.512. The summed E-state index contributed by atoms with van der Waals surface area (Å²) in [6.45, 7) is 2.00. The molecule has 0 saturated heterocycles. The maximum absolute atomic E-state index is 13.0. The van der Waals surface area contributed by atoms with Crippen molar-refractivity contribution in [3.05, 3.63) is 76.8 Å². The highest BCUT2D eigenvalue weighted by molar-refractivity contribution is 7.92. The molecule has 0 aliphatic heterocycles. The topological polar surface area (TPSA) is 80.5 Å². The number of nitrogens with zero attached hydrogens (tertiary/aromatic N) is 2. The standard InChI is InChI=1S/C18H16N2O4S/c1-2-19(18-9-5-7-14-6-3-4-8-17(14)18)25(23,24)16-12-10-15(11-13-16)20(21)22/h3-13H,2H2,1H3. The van der Waals surface area contributed by atoms with Gasteiger partial charge in [0.1, 0.15) is 0 Å². The van der Waals surface area contributed by atoms with Crippen LogP contribution >= 0.6 is 0 Å². The van der Waals surface area contributed by atoms with Crippen LogP contribution in [0.2, 0.25) is 0 Å². The minimum Gasteiger partial charge on any atom is -0.266 e. The number of nitro groups is 1. The number of hydrogen-bond donors (Lipinski definition) is 0. The van der Waals surface area contributed by atoms with Crippen molar-refractivity contribution < 1.29 is 13.3 Å². The van der Waals surface area contributed by atoms with Gasteiger partial charge in [-0.3, -0.25) is 14.4 Å². The number of nitro benzene ring substituents is 1. The van der Waals surface area contributed by atoms with Crippen molar-refractivity contribution in [2.24, 2.45) is 0 Å². The van der Waals surface area contributed by atoms with Crippen LogP contribution in [0.25, 0.3) is 10.8 Å². The maximum atomic E-state index is 13.0. The molecule has 3 rings (SSSR count). The average molecular weight is 356 g/mol. The molecule has 0 atom stereocenters. The Bertz CT molecular complexity index is 1030. The van der Waals surface area contributed by atoms with Gasteiger partial charge in [-0.05, 0) is 30.5 Å². The Morgan fingerprint density at radius 1 is 0.960 bits per heavy atom. The summed E-state index contributed by atoms with van der Waals surface area (Å²) in [5, 5.41) is 12.5. The van der Waals surface area contributed by atoms with E-state index in [9.17, 15) is 18.5 Å². The van der Waals surface area contributed by atoms with Crippen molar-refractivity contribution >= 4 is 32.2 Å². The number of sulfonamides is 1. The van der Waals surface area contributed by atoms with Crippen LogP contribution < -0.4 is 4.31 Å². The fourth-order valence-corrected chi connectivity index (χ4v) is 4.26. The van der Waals surface area contributed by atoms with Crippen molar-refractivity contribution in [3.63, 3.8) is 0 Å². The van der Waals surface area contributed by atoms with Crippen LogP contribution in [-0.2, 0) is 10.0 Å². The lowest BCUT2D eigenvalue weighted by atomic mass is 10.1. The van der Waals surface area contributed by atoms with Crippen LogP contribution in [-0.4, -0.2) is 19.9 Å². The van der Waals surface area contributed by atoms with Crippen LogP contribution in [0.3, 0.4) is 0 Å². The zero-order valence-electron chi connectivity index (χ0n) is 13.5. The smallest absolute Gasteiger partial charge is 0.266 e. The Morgan fingerprint density at radius 3 is 2.24 bits per heavy atom. The summed E-state index contributed by atoms with van der Waals surface area (Å²) in [7, 11) is -3.83. The van der Waals surface area contributed by atoms with Crippen LogP contribution in [0, 0.1) is 10.1 Å². The molecule has 0 spiro atoms. The highest BCUT2D eigenvalue weighted by Gasteiger charge is 2.25. The summed E-state index contributed by atoms with van der Waals surface area (Å²) in [5.41, 5.74) is 0.436. The van der Waals surface area contributed by atoms with Gasteiger partial charge in [0.15, 0.2) is 0 Å². The van der Waals surface area contributed by atoms with Crippen molar-refractivity contribution in [3.8, 4) is 0 Å². The molecule has 0 aliphatic rings. The summed E-state index contributed by atoms with van der Waals surface area (Å²) in [5.74, 6) is 0. The number of non-ortho nitro benzene ring substituents is 1. The predicted molar refractivity (Wildman–Crippen MR) is 97.3 cm³/mol. The van der Waals surface area contributed by atoms with E-state index in [1.54, 1.807) is 13.0 Å². The van der Waals surface area contributed by atoms with E-state index < -0.39 is 14.9 Å². The first-order chi connectivity index (χ1) is 11.9. The van der Waals surface area contributed by atoms with Crippen LogP contribution in [0.15, 0.2) is 71.6 Å². The normalized spacial score (nSPS) is 11.4. The molecule has 0 bridgehead atoms. The van der Waals surface area contributed by atoms with Crippen LogP contribution in [0.4, 0.5) is 11.4 Å². The Kier molecular flexibility index (Phi) is 4.41. The first kappa shape index (κ1) is 16.9. The summed E-state index contributed by atoms with van der Waals surface area (Å²) in [6.07, 6.45) is 0. The van der Waals surface area contributed by atoms with Crippen molar-refractivity contribution in [2.75, 3.05) is 10.8 Å². The van der Waals surface area contributed by atoms with Gasteiger partial charge in [-0.25, -0.2) is 8.42 Å². The average Bonchev–Trinajstić information content (AvgIpc) is 2.62. The second-order valence-electron chi connectivity index (χ2n) is 5.42. The molecule has 0 radical (unpaired) electrons. The van der Waals surface area contributed by atoms with Gasteiger partial charge in [-0.1, -0.05) is 36.4 Å². The van der Waals surface area contributed by atoms with E-state index in [-0.39, 0.29) is 17.1 Å². The molecular weight excluding hydrogens is 340 g/mol. The van der Waals surface area contributed by atoms with Gasteiger partial charge in [-0.15, -0.1) is 0 Å². The molecule has 6 nitrogen and oxygen atoms in total.